The Balaban J connectivity index is 2.02. The first-order chi connectivity index (χ1) is 9.77. The Morgan fingerprint density at radius 2 is 1.80 bits per heavy atom. The Kier molecular flexibility index (Phi) is 2.45. The molecule has 3 aliphatic rings. The van der Waals surface area contributed by atoms with Crippen LogP contribution in [0.2, 0.25) is 0 Å². The number of rotatable bonds is 2. The first-order valence-electron chi connectivity index (χ1n) is 7.30. The number of ether oxygens (including phenoxy) is 2. The standard InChI is InChI=1S/C16H17NO3/c1-10-11-3-7-20-15(11)13(12-4-8-19-14(10)12)16(17-9-18)5-2-6-16/h2-8H2,1H3. The fourth-order valence-corrected chi connectivity index (χ4v) is 3.85. The molecule has 1 aliphatic carbocycles. The van der Waals surface area contributed by atoms with Crippen molar-refractivity contribution >= 4 is 6.08 Å². The van der Waals surface area contributed by atoms with E-state index in [-0.39, 0.29) is 0 Å². The van der Waals surface area contributed by atoms with Crippen LogP contribution in [0.1, 0.15) is 41.5 Å². The highest BCUT2D eigenvalue weighted by Gasteiger charge is 2.46. The van der Waals surface area contributed by atoms with Crippen LogP contribution in [0.25, 0.3) is 0 Å². The van der Waals surface area contributed by atoms with E-state index in [0.717, 1.165) is 49.2 Å². The van der Waals surface area contributed by atoms with Gasteiger partial charge >= 0.3 is 0 Å². The molecule has 0 atom stereocenters. The van der Waals surface area contributed by atoms with Crippen LogP contribution in [0, 0.1) is 6.92 Å². The predicted octanol–water partition coefficient (Wildman–Crippen LogP) is 2.58. The van der Waals surface area contributed by atoms with E-state index in [2.05, 4.69) is 11.9 Å². The van der Waals surface area contributed by atoms with Gasteiger partial charge in [-0.3, -0.25) is 0 Å². The third-order valence-corrected chi connectivity index (χ3v) is 4.97. The van der Waals surface area contributed by atoms with Gasteiger partial charge in [0.15, 0.2) is 0 Å². The third-order valence-electron chi connectivity index (χ3n) is 4.97. The van der Waals surface area contributed by atoms with E-state index in [1.54, 1.807) is 6.08 Å². The molecular weight excluding hydrogens is 254 g/mol. The van der Waals surface area contributed by atoms with Gasteiger partial charge in [-0.25, -0.2) is 4.79 Å². The molecule has 0 spiro atoms. The molecule has 1 saturated carbocycles. The van der Waals surface area contributed by atoms with Crippen LogP contribution in [-0.4, -0.2) is 19.3 Å². The minimum Gasteiger partial charge on any atom is -0.493 e. The van der Waals surface area contributed by atoms with Crippen molar-refractivity contribution in [3.63, 3.8) is 0 Å². The summed E-state index contributed by atoms with van der Waals surface area (Å²) in [4.78, 5) is 15.1. The summed E-state index contributed by atoms with van der Waals surface area (Å²) in [7, 11) is 0. The van der Waals surface area contributed by atoms with Gasteiger partial charge in [0, 0.05) is 29.5 Å². The third kappa shape index (κ3) is 1.37. The maximum Gasteiger partial charge on any atom is 0.235 e. The van der Waals surface area contributed by atoms with Gasteiger partial charge in [-0.15, -0.1) is 0 Å². The summed E-state index contributed by atoms with van der Waals surface area (Å²) in [5.41, 5.74) is 4.38. The van der Waals surface area contributed by atoms with Gasteiger partial charge < -0.3 is 9.47 Å². The van der Waals surface area contributed by atoms with Crippen molar-refractivity contribution in [1.29, 1.82) is 0 Å². The second-order valence-corrected chi connectivity index (χ2v) is 5.90. The normalized spacial score (nSPS) is 21.1. The lowest BCUT2D eigenvalue weighted by Gasteiger charge is -2.39. The fourth-order valence-electron chi connectivity index (χ4n) is 3.85. The molecule has 2 aliphatic heterocycles. The Morgan fingerprint density at radius 3 is 2.45 bits per heavy atom. The van der Waals surface area contributed by atoms with Crippen LogP contribution in [0.3, 0.4) is 0 Å². The highest BCUT2D eigenvalue weighted by molar-refractivity contribution is 5.64. The highest BCUT2D eigenvalue weighted by atomic mass is 16.5. The van der Waals surface area contributed by atoms with Gasteiger partial charge in [0.25, 0.3) is 0 Å². The van der Waals surface area contributed by atoms with E-state index >= 15 is 0 Å². The molecule has 20 heavy (non-hydrogen) atoms. The van der Waals surface area contributed by atoms with Crippen molar-refractivity contribution in [3.8, 4) is 11.5 Å². The van der Waals surface area contributed by atoms with E-state index in [9.17, 15) is 4.79 Å². The highest BCUT2D eigenvalue weighted by Crippen LogP contribution is 2.55. The van der Waals surface area contributed by atoms with E-state index in [4.69, 9.17) is 9.47 Å². The summed E-state index contributed by atoms with van der Waals surface area (Å²) in [6.45, 7) is 3.54. The number of hydrogen-bond acceptors (Lipinski definition) is 4. The summed E-state index contributed by atoms with van der Waals surface area (Å²) in [6, 6.07) is 0. The molecular formula is C16H17NO3. The number of carbonyl (C=O) groups excluding carboxylic acids is 1. The quantitative estimate of drug-likeness (QED) is 0.613. The van der Waals surface area contributed by atoms with Gasteiger partial charge in [-0.2, -0.15) is 4.99 Å². The molecule has 1 aromatic carbocycles. The Morgan fingerprint density at radius 1 is 1.10 bits per heavy atom. The van der Waals surface area contributed by atoms with Crippen LogP contribution in [0.15, 0.2) is 4.99 Å². The average molecular weight is 271 g/mol. The van der Waals surface area contributed by atoms with Gasteiger partial charge in [-0.1, -0.05) is 0 Å². The largest absolute Gasteiger partial charge is 0.493 e. The number of fused-ring (bicyclic) bond motifs is 2. The van der Waals surface area contributed by atoms with E-state index in [1.165, 1.54) is 16.7 Å². The molecule has 0 N–H and O–H groups in total. The number of hydrogen-bond donors (Lipinski definition) is 0. The lowest BCUT2D eigenvalue weighted by atomic mass is 9.69. The molecule has 0 bridgehead atoms. The minimum absolute atomic E-state index is 0.401. The molecule has 104 valence electrons. The molecule has 0 saturated heterocycles. The summed E-state index contributed by atoms with van der Waals surface area (Å²) < 4.78 is 11.8. The van der Waals surface area contributed by atoms with Crippen molar-refractivity contribution in [1.82, 2.24) is 0 Å². The van der Waals surface area contributed by atoms with Crippen molar-refractivity contribution < 1.29 is 14.3 Å². The number of nitrogens with zero attached hydrogens (tertiary/aromatic N) is 1. The fraction of sp³-hybridized carbons (Fsp3) is 0.562. The Hall–Kier alpha value is -1.80. The molecule has 0 unspecified atom stereocenters. The molecule has 0 aromatic heterocycles. The minimum atomic E-state index is -0.401. The lowest BCUT2D eigenvalue weighted by Crippen LogP contribution is -2.33. The summed E-state index contributed by atoms with van der Waals surface area (Å²) in [5, 5.41) is 0. The summed E-state index contributed by atoms with van der Waals surface area (Å²) >= 11 is 0. The van der Waals surface area contributed by atoms with Crippen molar-refractivity contribution in [2.75, 3.05) is 13.2 Å². The zero-order chi connectivity index (χ0) is 13.7. The van der Waals surface area contributed by atoms with Gasteiger partial charge in [0.05, 0.1) is 13.2 Å². The van der Waals surface area contributed by atoms with Crippen LogP contribution >= 0.6 is 0 Å². The Labute approximate surface area is 117 Å². The number of isocyanates is 1. The lowest BCUT2D eigenvalue weighted by molar-refractivity contribution is 0.242. The summed E-state index contributed by atoms with van der Waals surface area (Å²) in [6.07, 6.45) is 6.52. The first kappa shape index (κ1) is 12.0. The van der Waals surface area contributed by atoms with Gasteiger partial charge in [-0.05, 0) is 31.7 Å². The maximum absolute atomic E-state index is 10.9. The van der Waals surface area contributed by atoms with E-state index in [0.29, 0.717) is 13.2 Å². The molecule has 0 radical (unpaired) electrons. The van der Waals surface area contributed by atoms with E-state index < -0.39 is 5.54 Å². The molecule has 4 rings (SSSR count). The average Bonchev–Trinajstić information content (AvgIpc) is 3.04. The molecule has 2 heterocycles. The van der Waals surface area contributed by atoms with Crippen LogP contribution in [0.5, 0.6) is 11.5 Å². The smallest absolute Gasteiger partial charge is 0.235 e. The van der Waals surface area contributed by atoms with Crippen LogP contribution in [0.4, 0.5) is 0 Å². The Bertz CT molecular complexity index is 605. The summed E-state index contributed by atoms with van der Waals surface area (Å²) in [5.74, 6) is 1.99. The maximum atomic E-state index is 10.9. The van der Waals surface area contributed by atoms with Crippen LogP contribution < -0.4 is 9.47 Å². The SMILES string of the molecule is Cc1c2c(c(C3(N=C=O)CCC3)c3c1OCC3)OCC2. The van der Waals surface area contributed by atoms with Gasteiger partial charge in [0.2, 0.25) is 6.08 Å². The predicted molar refractivity (Wildman–Crippen MR) is 73.2 cm³/mol. The van der Waals surface area contributed by atoms with Crippen molar-refractivity contribution in [2.24, 2.45) is 4.99 Å². The molecule has 4 heteroatoms. The monoisotopic (exact) mass is 271 g/mol. The zero-order valence-electron chi connectivity index (χ0n) is 11.6. The molecule has 1 aromatic rings. The second-order valence-electron chi connectivity index (χ2n) is 5.90. The number of aliphatic imine (C=N–C) groups is 1. The van der Waals surface area contributed by atoms with E-state index in [1.807, 2.05) is 0 Å². The topological polar surface area (TPSA) is 47.9 Å². The molecule has 4 nitrogen and oxygen atoms in total. The molecule has 1 fully saturated rings. The van der Waals surface area contributed by atoms with Crippen molar-refractivity contribution in [3.05, 3.63) is 22.3 Å². The van der Waals surface area contributed by atoms with Crippen LogP contribution in [-0.2, 0) is 23.2 Å². The number of benzene rings is 1. The molecule has 0 amide bonds. The second kappa shape index (κ2) is 4.10. The van der Waals surface area contributed by atoms with Gasteiger partial charge in [0.1, 0.15) is 17.0 Å². The first-order valence-corrected chi connectivity index (χ1v) is 7.30. The zero-order valence-corrected chi connectivity index (χ0v) is 11.6. The van der Waals surface area contributed by atoms with Crippen molar-refractivity contribution in [2.45, 2.75) is 44.6 Å².